The first-order valence-corrected chi connectivity index (χ1v) is 9.60. The lowest BCUT2D eigenvalue weighted by Gasteiger charge is -2.38. The third-order valence-electron chi connectivity index (χ3n) is 6.31. The highest BCUT2D eigenvalue weighted by Gasteiger charge is 2.51. The average molecular weight is 364 g/mol. The molecule has 1 spiro atoms. The van der Waals surface area contributed by atoms with Gasteiger partial charge in [0.1, 0.15) is 0 Å². The summed E-state index contributed by atoms with van der Waals surface area (Å²) in [5.41, 5.74) is 0.705. The van der Waals surface area contributed by atoms with Gasteiger partial charge < -0.3 is 9.64 Å². The maximum atomic E-state index is 13.5. The van der Waals surface area contributed by atoms with E-state index in [-0.39, 0.29) is 17.2 Å². The second kappa shape index (κ2) is 7.24. The molecule has 1 aromatic carbocycles. The summed E-state index contributed by atoms with van der Waals surface area (Å²) >= 11 is 0. The molecule has 1 unspecified atom stereocenters. The molecule has 0 N–H and O–H groups in total. The Morgan fingerprint density at radius 2 is 1.88 bits per heavy atom. The van der Waals surface area contributed by atoms with Crippen LogP contribution in [0.3, 0.4) is 0 Å². The molecule has 3 fully saturated rings. The van der Waals surface area contributed by atoms with Gasteiger partial charge in [-0.15, -0.1) is 0 Å². The molecular weight excluding hydrogens is 338 g/mol. The van der Waals surface area contributed by atoms with Gasteiger partial charge >= 0.3 is 0 Å². The van der Waals surface area contributed by atoms with E-state index < -0.39 is 11.6 Å². The van der Waals surface area contributed by atoms with Crippen LogP contribution in [0.5, 0.6) is 0 Å². The smallest absolute Gasteiger partial charge is 0.227 e. The van der Waals surface area contributed by atoms with Crippen LogP contribution in [0.2, 0.25) is 0 Å². The van der Waals surface area contributed by atoms with Crippen molar-refractivity contribution in [3.8, 4) is 0 Å². The summed E-state index contributed by atoms with van der Waals surface area (Å²) in [6, 6.07) is 4.07. The number of benzene rings is 1. The lowest BCUT2D eigenvalue weighted by atomic mass is 9.71. The number of hydrogen-bond acceptors (Lipinski definition) is 3. The zero-order valence-corrected chi connectivity index (χ0v) is 15.1. The number of carbonyl (C=O) groups excluding carboxylic acids is 1. The predicted molar refractivity (Wildman–Crippen MR) is 93.4 cm³/mol. The molecular formula is C20H26F2N2O2. The molecule has 3 heterocycles. The minimum Gasteiger partial charge on any atom is -0.381 e. The molecule has 0 radical (unpaired) electrons. The van der Waals surface area contributed by atoms with E-state index in [1.165, 1.54) is 12.1 Å². The summed E-state index contributed by atoms with van der Waals surface area (Å²) in [6.07, 6.45) is 3.97. The topological polar surface area (TPSA) is 32.8 Å². The Morgan fingerprint density at radius 1 is 1.15 bits per heavy atom. The Kier molecular flexibility index (Phi) is 4.97. The van der Waals surface area contributed by atoms with Gasteiger partial charge in [-0.3, -0.25) is 9.69 Å². The van der Waals surface area contributed by atoms with E-state index in [1.54, 1.807) is 6.07 Å². The molecule has 3 aliphatic heterocycles. The van der Waals surface area contributed by atoms with Gasteiger partial charge in [-0.2, -0.15) is 0 Å². The van der Waals surface area contributed by atoms with Gasteiger partial charge in [0.05, 0.1) is 5.92 Å². The molecule has 142 valence electrons. The molecule has 1 amide bonds. The van der Waals surface area contributed by atoms with Crippen LogP contribution < -0.4 is 0 Å². The van der Waals surface area contributed by atoms with Crippen molar-refractivity contribution in [3.63, 3.8) is 0 Å². The van der Waals surface area contributed by atoms with Crippen LogP contribution in [0, 0.1) is 23.0 Å². The van der Waals surface area contributed by atoms with E-state index in [9.17, 15) is 13.6 Å². The Labute approximate surface area is 153 Å². The molecule has 0 aromatic heterocycles. The molecule has 1 atom stereocenters. The number of rotatable bonds is 3. The van der Waals surface area contributed by atoms with Crippen molar-refractivity contribution in [2.24, 2.45) is 11.3 Å². The fraction of sp³-hybridized carbons (Fsp3) is 0.650. The fourth-order valence-corrected chi connectivity index (χ4v) is 4.87. The predicted octanol–water partition coefficient (Wildman–Crippen LogP) is 2.82. The number of nitrogens with zero attached hydrogens (tertiary/aromatic N) is 2. The number of likely N-dealkylation sites (tertiary alicyclic amines) is 2. The van der Waals surface area contributed by atoms with Crippen molar-refractivity contribution < 1.29 is 18.3 Å². The van der Waals surface area contributed by atoms with Crippen LogP contribution in [0.25, 0.3) is 0 Å². The van der Waals surface area contributed by atoms with E-state index in [1.807, 2.05) is 4.90 Å². The first-order valence-electron chi connectivity index (χ1n) is 9.60. The number of carbonyl (C=O) groups is 1. The monoisotopic (exact) mass is 364 g/mol. The summed E-state index contributed by atoms with van der Waals surface area (Å²) in [6.45, 7) is 5.18. The third-order valence-corrected chi connectivity index (χ3v) is 6.31. The van der Waals surface area contributed by atoms with Crippen molar-refractivity contribution >= 4 is 5.91 Å². The maximum Gasteiger partial charge on any atom is 0.227 e. The van der Waals surface area contributed by atoms with E-state index in [0.29, 0.717) is 26.3 Å². The minimum absolute atomic E-state index is 0.0187. The quantitative estimate of drug-likeness (QED) is 0.827. The molecule has 0 saturated carbocycles. The van der Waals surface area contributed by atoms with E-state index in [4.69, 9.17) is 4.74 Å². The van der Waals surface area contributed by atoms with E-state index in [2.05, 4.69) is 4.90 Å². The Bertz CT molecular complexity index is 670. The van der Waals surface area contributed by atoms with Gasteiger partial charge in [0.15, 0.2) is 11.6 Å². The van der Waals surface area contributed by atoms with Gasteiger partial charge in [0, 0.05) is 51.4 Å². The largest absolute Gasteiger partial charge is 0.381 e. The van der Waals surface area contributed by atoms with E-state index in [0.717, 1.165) is 50.9 Å². The average Bonchev–Trinajstić information content (AvgIpc) is 3.27. The normalized spacial score (nSPS) is 25.9. The van der Waals surface area contributed by atoms with Crippen LogP contribution in [0.15, 0.2) is 18.2 Å². The van der Waals surface area contributed by atoms with Crippen molar-refractivity contribution in [2.45, 2.75) is 32.2 Å². The van der Waals surface area contributed by atoms with Crippen molar-refractivity contribution in [1.82, 2.24) is 9.80 Å². The number of amides is 1. The SMILES string of the molecule is O=C(C1CN(Cc2ccc(F)c(F)c2)CC12CCOCC2)N1CCCC1. The molecule has 0 aliphatic carbocycles. The third kappa shape index (κ3) is 3.37. The van der Waals surface area contributed by atoms with Gasteiger partial charge in [-0.25, -0.2) is 8.78 Å². The summed E-state index contributed by atoms with van der Waals surface area (Å²) in [5.74, 6) is -1.38. The second-order valence-corrected chi connectivity index (χ2v) is 7.98. The first kappa shape index (κ1) is 17.9. The van der Waals surface area contributed by atoms with E-state index >= 15 is 0 Å². The molecule has 3 saturated heterocycles. The maximum absolute atomic E-state index is 13.5. The zero-order valence-electron chi connectivity index (χ0n) is 15.1. The summed E-state index contributed by atoms with van der Waals surface area (Å²) in [5, 5.41) is 0. The van der Waals surface area contributed by atoms with Crippen molar-refractivity contribution in [1.29, 1.82) is 0 Å². The van der Waals surface area contributed by atoms with Crippen LogP contribution >= 0.6 is 0 Å². The van der Waals surface area contributed by atoms with Gasteiger partial charge in [-0.05, 0) is 43.4 Å². The van der Waals surface area contributed by atoms with Gasteiger partial charge in [0.2, 0.25) is 5.91 Å². The standard InChI is InChI=1S/C20H26F2N2O2/c21-17-4-3-15(11-18(17)22)12-23-13-16(19(25)24-7-1-2-8-24)20(14-23)5-9-26-10-6-20/h3-4,11,16H,1-2,5-10,12-14H2. The molecule has 1 aromatic rings. The van der Waals surface area contributed by atoms with Crippen LogP contribution in [0.4, 0.5) is 8.78 Å². The molecule has 26 heavy (non-hydrogen) atoms. The highest BCUT2D eigenvalue weighted by Crippen LogP contribution is 2.45. The van der Waals surface area contributed by atoms with Crippen LogP contribution in [-0.2, 0) is 16.1 Å². The van der Waals surface area contributed by atoms with Crippen LogP contribution in [0.1, 0.15) is 31.2 Å². The highest BCUT2D eigenvalue weighted by atomic mass is 19.2. The summed E-state index contributed by atoms with van der Waals surface area (Å²) in [7, 11) is 0. The first-order chi connectivity index (χ1) is 12.6. The molecule has 3 aliphatic rings. The van der Waals surface area contributed by atoms with Gasteiger partial charge in [0.25, 0.3) is 0 Å². The summed E-state index contributed by atoms with van der Waals surface area (Å²) in [4.78, 5) is 17.4. The molecule has 4 nitrogen and oxygen atoms in total. The highest BCUT2D eigenvalue weighted by molar-refractivity contribution is 5.80. The van der Waals surface area contributed by atoms with Crippen molar-refractivity contribution in [3.05, 3.63) is 35.4 Å². The molecule has 4 rings (SSSR count). The Morgan fingerprint density at radius 3 is 2.58 bits per heavy atom. The lowest BCUT2D eigenvalue weighted by Crippen LogP contribution is -2.45. The molecule has 0 bridgehead atoms. The summed E-state index contributed by atoms with van der Waals surface area (Å²) < 4.78 is 32.3. The molecule has 6 heteroatoms. The number of hydrogen-bond donors (Lipinski definition) is 0. The second-order valence-electron chi connectivity index (χ2n) is 7.98. The van der Waals surface area contributed by atoms with Crippen molar-refractivity contribution in [2.75, 3.05) is 39.4 Å². The zero-order chi connectivity index (χ0) is 18.1. The van der Waals surface area contributed by atoms with Crippen LogP contribution in [-0.4, -0.2) is 55.1 Å². The Hall–Kier alpha value is -1.53. The minimum atomic E-state index is -0.821. The fourth-order valence-electron chi connectivity index (χ4n) is 4.87. The number of halogens is 2. The Balaban J connectivity index is 1.52. The lowest BCUT2D eigenvalue weighted by molar-refractivity contribution is -0.139. The number of ether oxygens (including phenoxy) is 1. The van der Waals surface area contributed by atoms with Gasteiger partial charge in [-0.1, -0.05) is 6.07 Å².